The molecule has 0 N–H and O–H groups in total. The van der Waals surface area contributed by atoms with Crippen LogP contribution in [0.1, 0.15) is 11.3 Å². The second-order valence-electron chi connectivity index (χ2n) is 7.34. The number of fused-ring (bicyclic) bond motifs is 3. The highest BCUT2D eigenvalue weighted by Crippen LogP contribution is 2.34. The van der Waals surface area contributed by atoms with Crippen LogP contribution in [0.15, 0.2) is 72.0 Å². The summed E-state index contributed by atoms with van der Waals surface area (Å²) in [5.74, 6) is -1.40. The summed E-state index contributed by atoms with van der Waals surface area (Å²) in [7, 11) is 0. The summed E-state index contributed by atoms with van der Waals surface area (Å²) >= 11 is 0. The first-order valence-corrected chi connectivity index (χ1v) is 9.55. The molecule has 3 aromatic heterocycles. The number of aromatic nitrogens is 4. The molecule has 0 aliphatic heterocycles. The third-order valence-electron chi connectivity index (χ3n) is 5.32. The number of halogens is 4. The lowest BCUT2D eigenvalue weighted by molar-refractivity contribution is -0.140. The number of pyridine rings is 2. The van der Waals surface area contributed by atoms with Gasteiger partial charge in [-0.25, -0.2) is 9.37 Å². The van der Waals surface area contributed by atoms with Gasteiger partial charge in [-0.15, -0.1) is 0 Å². The average molecular weight is 438 g/mol. The van der Waals surface area contributed by atoms with E-state index in [2.05, 4.69) is 9.97 Å². The SMILES string of the molecule is Cc1cncn1-c1ccc2ncc3ccc(=O)n(-c4ccc(F)c(C(F)(F)F)c4)c3c2c1. The molecule has 0 unspecified atom stereocenters. The molecular formula is C23H14F4N4O. The van der Waals surface area contributed by atoms with Gasteiger partial charge < -0.3 is 4.57 Å². The van der Waals surface area contributed by atoms with E-state index >= 15 is 0 Å². The van der Waals surface area contributed by atoms with Crippen LogP contribution in [0.4, 0.5) is 17.6 Å². The number of alkyl halides is 3. The predicted molar refractivity (Wildman–Crippen MR) is 112 cm³/mol. The molecule has 0 saturated carbocycles. The third-order valence-corrected chi connectivity index (χ3v) is 5.32. The molecule has 5 rings (SSSR count). The van der Waals surface area contributed by atoms with Gasteiger partial charge in [-0.3, -0.25) is 14.3 Å². The maximum Gasteiger partial charge on any atom is 0.419 e. The molecule has 9 heteroatoms. The molecule has 0 bridgehead atoms. The molecule has 0 saturated heterocycles. The summed E-state index contributed by atoms with van der Waals surface area (Å²) in [6, 6.07) is 10.7. The van der Waals surface area contributed by atoms with Gasteiger partial charge in [0.05, 0.1) is 28.6 Å². The van der Waals surface area contributed by atoms with E-state index in [1.54, 1.807) is 36.9 Å². The molecule has 0 atom stereocenters. The maximum atomic E-state index is 13.9. The van der Waals surface area contributed by atoms with Crippen LogP contribution in [0.5, 0.6) is 0 Å². The van der Waals surface area contributed by atoms with Gasteiger partial charge in [-0.2, -0.15) is 13.2 Å². The maximum absolute atomic E-state index is 13.9. The molecule has 0 aliphatic carbocycles. The van der Waals surface area contributed by atoms with Crippen molar-refractivity contribution in [3.8, 4) is 11.4 Å². The van der Waals surface area contributed by atoms with Gasteiger partial charge in [0.2, 0.25) is 0 Å². The van der Waals surface area contributed by atoms with E-state index in [-0.39, 0.29) is 5.69 Å². The number of nitrogens with zero attached hydrogens (tertiary/aromatic N) is 4. The Labute approximate surface area is 178 Å². The first kappa shape index (κ1) is 19.9. The van der Waals surface area contributed by atoms with E-state index in [1.165, 1.54) is 6.07 Å². The van der Waals surface area contributed by atoms with Gasteiger partial charge >= 0.3 is 6.18 Å². The van der Waals surface area contributed by atoms with Crippen molar-refractivity contribution in [3.63, 3.8) is 0 Å². The molecule has 0 fully saturated rings. The van der Waals surface area contributed by atoms with E-state index in [0.29, 0.717) is 33.9 Å². The minimum Gasteiger partial charge on any atom is -0.304 e. The predicted octanol–water partition coefficient (Wildman–Crippen LogP) is 5.19. The lowest BCUT2D eigenvalue weighted by Gasteiger charge is -2.15. The summed E-state index contributed by atoms with van der Waals surface area (Å²) in [4.78, 5) is 21.4. The van der Waals surface area contributed by atoms with Crippen LogP contribution >= 0.6 is 0 Å². The van der Waals surface area contributed by atoms with Crippen molar-refractivity contribution in [1.29, 1.82) is 0 Å². The van der Waals surface area contributed by atoms with Gasteiger partial charge in [-0.05, 0) is 49.4 Å². The van der Waals surface area contributed by atoms with Gasteiger partial charge in [0.1, 0.15) is 5.82 Å². The minimum atomic E-state index is -4.90. The second kappa shape index (κ2) is 7.01. The minimum absolute atomic E-state index is 0.0916. The van der Waals surface area contributed by atoms with Crippen molar-refractivity contribution in [2.24, 2.45) is 0 Å². The lowest BCUT2D eigenvalue weighted by Crippen LogP contribution is -2.19. The molecule has 0 radical (unpaired) electrons. The zero-order chi connectivity index (χ0) is 22.6. The van der Waals surface area contributed by atoms with Crippen molar-refractivity contribution in [2.45, 2.75) is 13.1 Å². The van der Waals surface area contributed by atoms with Crippen molar-refractivity contribution in [1.82, 2.24) is 19.1 Å². The third kappa shape index (κ3) is 3.13. The molecule has 5 nitrogen and oxygen atoms in total. The Morgan fingerprint density at radius 2 is 1.72 bits per heavy atom. The van der Waals surface area contributed by atoms with Crippen molar-refractivity contribution in [3.05, 3.63) is 94.7 Å². The fourth-order valence-electron chi connectivity index (χ4n) is 3.81. The Morgan fingerprint density at radius 1 is 0.938 bits per heavy atom. The van der Waals surface area contributed by atoms with Gasteiger partial charge in [-0.1, -0.05) is 0 Å². The summed E-state index contributed by atoms with van der Waals surface area (Å²) in [5.41, 5.74) is 0.480. The molecule has 0 spiro atoms. The fraction of sp³-hybridized carbons (Fsp3) is 0.0870. The molecule has 160 valence electrons. The summed E-state index contributed by atoms with van der Waals surface area (Å²) in [6.45, 7) is 1.88. The molecule has 3 heterocycles. The standard InChI is InChI=1S/C23H14F4N4O/c1-13-10-28-12-30(13)15-4-6-20-17(8-15)22-14(11-29-20)2-7-21(32)31(22)16-3-5-19(24)18(9-16)23(25,26)27/h2-12H,1H3. The Bertz CT molecular complexity index is 1570. The van der Waals surface area contributed by atoms with Crippen LogP contribution in [0.3, 0.4) is 0 Å². The zero-order valence-corrected chi connectivity index (χ0v) is 16.6. The van der Waals surface area contributed by atoms with Crippen molar-refractivity contribution >= 4 is 21.8 Å². The largest absolute Gasteiger partial charge is 0.419 e. The highest BCUT2D eigenvalue weighted by Gasteiger charge is 2.34. The smallest absolute Gasteiger partial charge is 0.304 e. The highest BCUT2D eigenvalue weighted by molar-refractivity contribution is 6.04. The van der Waals surface area contributed by atoms with Crippen LogP contribution in [0.25, 0.3) is 33.2 Å². The molecule has 5 aromatic rings. The molecule has 2 aromatic carbocycles. The molecule has 0 amide bonds. The van der Waals surface area contributed by atoms with E-state index in [9.17, 15) is 22.4 Å². The normalized spacial score (nSPS) is 12.0. The van der Waals surface area contributed by atoms with E-state index in [0.717, 1.165) is 22.0 Å². The lowest BCUT2D eigenvalue weighted by atomic mass is 10.1. The number of benzene rings is 2. The van der Waals surface area contributed by atoms with Crippen LogP contribution in [0.2, 0.25) is 0 Å². The second-order valence-corrected chi connectivity index (χ2v) is 7.34. The monoisotopic (exact) mass is 438 g/mol. The first-order chi connectivity index (χ1) is 15.2. The highest BCUT2D eigenvalue weighted by atomic mass is 19.4. The number of hydrogen-bond donors (Lipinski definition) is 0. The van der Waals surface area contributed by atoms with Crippen LogP contribution in [-0.4, -0.2) is 19.1 Å². The van der Waals surface area contributed by atoms with Crippen LogP contribution in [0, 0.1) is 12.7 Å². The summed E-state index contributed by atoms with van der Waals surface area (Å²) < 4.78 is 56.8. The van der Waals surface area contributed by atoms with Gasteiger partial charge in [0, 0.05) is 40.6 Å². The van der Waals surface area contributed by atoms with Crippen molar-refractivity contribution in [2.75, 3.05) is 0 Å². The Hall–Kier alpha value is -4.01. The summed E-state index contributed by atoms with van der Waals surface area (Å²) in [6.07, 6.45) is -0.0235. The molecule has 32 heavy (non-hydrogen) atoms. The van der Waals surface area contributed by atoms with Gasteiger partial charge in [0.25, 0.3) is 5.56 Å². The summed E-state index contributed by atoms with van der Waals surface area (Å²) in [5, 5.41) is 1.11. The van der Waals surface area contributed by atoms with E-state index in [4.69, 9.17) is 0 Å². The molecular weight excluding hydrogens is 424 g/mol. The fourth-order valence-corrected chi connectivity index (χ4v) is 3.81. The van der Waals surface area contributed by atoms with Gasteiger partial charge in [0.15, 0.2) is 0 Å². The number of imidazole rings is 1. The van der Waals surface area contributed by atoms with Crippen molar-refractivity contribution < 1.29 is 17.6 Å². The van der Waals surface area contributed by atoms with E-state index in [1.807, 2.05) is 17.6 Å². The average Bonchev–Trinajstić information content (AvgIpc) is 3.19. The topological polar surface area (TPSA) is 52.7 Å². The Morgan fingerprint density at radius 3 is 2.44 bits per heavy atom. The van der Waals surface area contributed by atoms with Crippen LogP contribution in [-0.2, 0) is 6.18 Å². The Balaban J connectivity index is 1.88. The zero-order valence-electron chi connectivity index (χ0n) is 16.6. The quantitative estimate of drug-likeness (QED) is 0.282. The molecule has 0 aliphatic rings. The number of aryl methyl sites for hydroxylation is 1. The number of rotatable bonds is 2. The number of hydrogen-bond acceptors (Lipinski definition) is 3. The van der Waals surface area contributed by atoms with Crippen LogP contribution < -0.4 is 5.56 Å². The van der Waals surface area contributed by atoms with E-state index < -0.39 is 23.1 Å². The Kier molecular flexibility index (Phi) is 4.37. The first-order valence-electron chi connectivity index (χ1n) is 9.55.